The number of benzene rings is 1. The van der Waals surface area contributed by atoms with Gasteiger partial charge in [-0.15, -0.1) is 0 Å². The van der Waals surface area contributed by atoms with Crippen molar-refractivity contribution in [2.45, 2.75) is 25.8 Å². The highest BCUT2D eigenvalue weighted by Gasteiger charge is 2.24. The molecule has 23 heavy (non-hydrogen) atoms. The van der Waals surface area contributed by atoms with Crippen LogP contribution in [0.2, 0.25) is 0 Å². The van der Waals surface area contributed by atoms with Gasteiger partial charge in [-0.1, -0.05) is 12.1 Å². The molecule has 0 saturated heterocycles. The Morgan fingerprint density at radius 3 is 2.26 bits per heavy atom. The van der Waals surface area contributed by atoms with Crippen LogP contribution in [-0.2, 0) is 6.42 Å². The van der Waals surface area contributed by atoms with Crippen LogP contribution in [0.15, 0.2) is 40.8 Å². The SMILES string of the molecule is COc1ccc(CC(C)(C)NC(=O)c2ccc(C(=O)O)o2)cc1. The van der Waals surface area contributed by atoms with Gasteiger partial charge < -0.3 is 19.6 Å². The van der Waals surface area contributed by atoms with E-state index in [2.05, 4.69) is 5.32 Å². The molecule has 1 aromatic heterocycles. The van der Waals surface area contributed by atoms with Crippen molar-refractivity contribution in [3.05, 3.63) is 53.5 Å². The number of methoxy groups -OCH3 is 1. The van der Waals surface area contributed by atoms with Gasteiger partial charge in [-0.25, -0.2) is 4.79 Å². The quantitative estimate of drug-likeness (QED) is 0.855. The summed E-state index contributed by atoms with van der Waals surface area (Å²) in [6, 6.07) is 10.2. The van der Waals surface area contributed by atoms with Crippen LogP contribution < -0.4 is 10.1 Å². The number of rotatable bonds is 6. The lowest BCUT2D eigenvalue weighted by molar-refractivity contribution is 0.0659. The molecule has 1 aromatic carbocycles. The highest BCUT2D eigenvalue weighted by atomic mass is 16.5. The van der Waals surface area contributed by atoms with E-state index in [9.17, 15) is 9.59 Å². The maximum Gasteiger partial charge on any atom is 0.371 e. The molecule has 0 spiro atoms. The number of aromatic carboxylic acids is 1. The molecule has 0 aliphatic heterocycles. The summed E-state index contributed by atoms with van der Waals surface area (Å²) in [6.07, 6.45) is 0.606. The summed E-state index contributed by atoms with van der Waals surface area (Å²) in [4.78, 5) is 22.9. The second-order valence-electron chi connectivity index (χ2n) is 5.83. The van der Waals surface area contributed by atoms with Crippen molar-refractivity contribution in [1.82, 2.24) is 5.32 Å². The van der Waals surface area contributed by atoms with Gasteiger partial charge in [-0.05, 0) is 50.1 Å². The standard InChI is InChI=1S/C17H19NO5/c1-17(2,10-11-4-6-12(22-3)7-5-11)18-15(19)13-8-9-14(23-13)16(20)21/h4-9H,10H2,1-3H3,(H,18,19)(H,20,21). The minimum absolute atomic E-state index is 0.0230. The molecule has 122 valence electrons. The van der Waals surface area contributed by atoms with Crippen LogP contribution in [0.25, 0.3) is 0 Å². The third kappa shape index (κ3) is 4.35. The van der Waals surface area contributed by atoms with Crippen LogP contribution in [0.3, 0.4) is 0 Å². The molecule has 2 N–H and O–H groups in total. The Hall–Kier alpha value is -2.76. The van der Waals surface area contributed by atoms with Crippen molar-refractivity contribution in [2.24, 2.45) is 0 Å². The molecular formula is C17H19NO5. The smallest absolute Gasteiger partial charge is 0.371 e. The number of ether oxygens (including phenoxy) is 1. The number of carbonyl (C=O) groups is 2. The van der Waals surface area contributed by atoms with E-state index in [0.29, 0.717) is 6.42 Å². The third-order valence-corrected chi connectivity index (χ3v) is 3.30. The first-order valence-corrected chi connectivity index (χ1v) is 7.09. The van der Waals surface area contributed by atoms with Crippen LogP contribution in [0.1, 0.15) is 40.5 Å². The molecule has 1 amide bonds. The number of carboxylic acid groups (broad SMARTS) is 1. The number of furan rings is 1. The van der Waals surface area contributed by atoms with Crippen LogP contribution in [0.5, 0.6) is 5.75 Å². The highest BCUT2D eigenvalue weighted by molar-refractivity contribution is 5.93. The van der Waals surface area contributed by atoms with Gasteiger partial charge in [0, 0.05) is 5.54 Å². The zero-order chi connectivity index (χ0) is 17.0. The maximum absolute atomic E-state index is 12.2. The van der Waals surface area contributed by atoms with E-state index in [1.54, 1.807) is 7.11 Å². The van der Waals surface area contributed by atoms with Crippen LogP contribution in [0, 0.1) is 0 Å². The Labute approximate surface area is 134 Å². The molecule has 0 bridgehead atoms. The summed E-state index contributed by atoms with van der Waals surface area (Å²) in [5, 5.41) is 11.7. The molecule has 0 fully saturated rings. The Morgan fingerprint density at radius 1 is 1.13 bits per heavy atom. The van der Waals surface area contributed by atoms with Crippen molar-refractivity contribution in [3.8, 4) is 5.75 Å². The molecule has 0 atom stereocenters. The molecule has 0 aliphatic rings. The number of hydrogen-bond donors (Lipinski definition) is 2. The van der Waals surface area contributed by atoms with Gasteiger partial charge >= 0.3 is 5.97 Å². The van der Waals surface area contributed by atoms with Gasteiger partial charge in [0.25, 0.3) is 5.91 Å². The van der Waals surface area contributed by atoms with E-state index >= 15 is 0 Å². The normalized spacial score (nSPS) is 11.1. The molecule has 2 aromatic rings. The fourth-order valence-electron chi connectivity index (χ4n) is 2.24. The van der Waals surface area contributed by atoms with Crippen molar-refractivity contribution in [1.29, 1.82) is 0 Å². The minimum Gasteiger partial charge on any atom is -0.497 e. The lowest BCUT2D eigenvalue weighted by Gasteiger charge is -2.26. The second-order valence-corrected chi connectivity index (χ2v) is 5.83. The predicted octanol–water partition coefficient (Wildman–Crippen LogP) is 2.74. The zero-order valence-corrected chi connectivity index (χ0v) is 13.3. The maximum atomic E-state index is 12.2. The van der Waals surface area contributed by atoms with Crippen LogP contribution >= 0.6 is 0 Å². The molecule has 0 aliphatic carbocycles. The third-order valence-electron chi connectivity index (χ3n) is 3.30. The van der Waals surface area contributed by atoms with E-state index in [0.717, 1.165) is 11.3 Å². The molecule has 6 nitrogen and oxygen atoms in total. The molecule has 0 radical (unpaired) electrons. The lowest BCUT2D eigenvalue weighted by Crippen LogP contribution is -2.45. The number of carbonyl (C=O) groups excluding carboxylic acids is 1. The lowest BCUT2D eigenvalue weighted by atomic mass is 9.94. The molecule has 1 heterocycles. The summed E-state index contributed by atoms with van der Waals surface area (Å²) >= 11 is 0. The fourth-order valence-corrected chi connectivity index (χ4v) is 2.24. The van der Waals surface area contributed by atoms with E-state index in [-0.39, 0.29) is 11.5 Å². The van der Waals surface area contributed by atoms with Crippen LogP contribution in [-0.4, -0.2) is 29.6 Å². The first kappa shape index (κ1) is 16.6. The average molecular weight is 317 g/mol. The second kappa shape index (κ2) is 6.56. The van der Waals surface area contributed by atoms with Gasteiger partial charge in [-0.2, -0.15) is 0 Å². The Bertz CT molecular complexity index is 700. The van der Waals surface area contributed by atoms with Crippen molar-refractivity contribution >= 4 is 11.9 Å². The van der Waals surface area contributed by atoms with E-state index in [1.165, 1.54) is 12.1 Å². The van der Waals surface area contributed by atoms with Gasteiger partial charge in [0.05, 0.1) is 7.11 Å². The summed E-state index contributed by atoms with van der Waals surface area (Å²) < 4.78 is 10.1. The topological polar surface area (TPSA) is 88.8 Å². The molecule has 0 unspecified atom stereocenters. The van der Waals surface area contributed by atoms with Crippen molar-refractivity contribution < 1.29 is 23.8 Å². The number of carboxylic acids is 1. The van der Waals surface area contributed by atoms with Gasteiger partial charge in [0.1, 0.15) is 5.75 Å². The highest BCUT2D eigenvalue weighted by Crippen LogP contribution is 2.18. The van der Waals surface area contributed by atoms with Gasteiger partial charge in [0.15, 0.2) is 5.76 Å². The van der Waals surface area contributed by atoms with Crippen LogP contribution in [0.4, 0.5) is 0 Å². The molecule has 0 saturated carbocycles. The van der Waals surface area contributed by atoms with Crippen molar-refractivity contribution in [2.75, 3.05) is 7.11 Å². The predicted molar refractivity (Wildman–Crippen MR) is 83.9 cm³/mol. The molecule has 6 heteroatoms. The fraction of sp³-hybridized carbons (Fsp3) is 0.294. The summed E-state index contributed by atoms with van der Waals surface area (Å²) in [7, 11) is 1.61. The molecule has 2 rings (SSSR count). The summed E-state index contributed by atoms with van der Waals surface area (Å²) in [5.74, 6) is -1.17. The van der Waals surface area contributed by atoms with Gasteiger partial charge in [-0.3, -0.25) is 4.79 Å². The van der Waals surface area contributed by atoms with Crippen molar-refractivity contribution in [3.63, 3.8) is 0 Å². The Morgan fingerprint density at radius 2 is 1.74 bits per heavy atom. The van der Waals surface area contributed by atoms with E-state index in [4.69, 9.17) is 14.3 Å². The van der Waals surface area contributed by atoms with Gasteiger partial charge in [0.2, 0.25) is 5.76 Å². The Kier molecular flexibility index (Phi) is 4.74. The first-order valence-electron chi connectivity index (χ1n) is 7.09. The summed E-state index contributed by atoms with van der Waals surface area (Å²) in [6.45, 7) is 3.77. The Balaban J connectivity index is 2.03. The summed E-state index contributed by atoms with van der Waals surface area (Å²) in [5.41, 5.74) is 0.517. The minimum atomic E-state index is -1.21. The number of amides is 1. The first-order chi connectivity index (χ1) is 10.8. The number of nitrogens with one attached hydrogen (secondary N) is 1. The zero-order valence-electron chi connectivity index (χ0n) is 13.3. The largest absolute Gasteiger partial charge is 0.497 e. The molecular weight excluding hydrogens is 298 g/mol. The monoisotopic (exact) mass is 317 g/mol. The van der Waals surface area contributed by atoms with E-state index < -0.39 is 17.4 Å². The average Bonchev–Trinajstić information content (AvgIpc) is 2.97. The van der Waals surface area contributed by atoms with E-state index in [1.807, 2.05) is 38.1 Å². The number of hydrogen-bond acceptors (Lipinski definition) is 4.